The molecule has 19 heavy (non-hydrogen) atoms. The van der Waals surface area contributed by atoms with Crippen molar-refractivity contribution in [3.63, 3.8) is 0 Å². The fourth-order valence-corrected chi connectivity index (χ4v) is 3.72. The molecule has 3 rings (SSSR count). The Labute approximate surface area is 128 Å². The van der Waals surface area contributed by atoms with Crippen LogP contribution in [-0.4, -0.2) is 0 Å². The monoisotopic (exact) mass is 383 g/mol. The van der Waals surface area contributed by atoms with Crippen LogP contribution in [0.4, 0.5) is 10.1 Å². The van der Waals surface area contributed by atoms with Gasteiger partial charge in [-0.05, 0) is 64.2 Å². The highest BCUT2D eigenvalue weighted by molar-refractivity contribution is 9.11. The van der Waals surface area contributed by atoms with Crippen molar-refractivity contribution in [2.24, 2.45) is 0 Å². The third-order valence-corrected chi connectivity index (χ3v) is 4.62. The van der Waals surface area contributed by atoms with Gasteiger partial charge in [-0.2, -0.15) is 0 Å². The van der Waals surface area contributed by atoms with Gasteiger partial charge in [-0.3, -0.25) is 0 Å². The molecule has 1 nitrogen and oxygen atoms in total. The van der Waals surface area contributed by atoms with Crippen LogP contribution < -0.4 is 5.32 Å². The molecular weight excluding hydrogens is 373 g/mol. The van der Waals surface area contributed by atoms with Gasteiger partial charge in [0.2, 0.25) is 0 Å². The van der Waals surface area contributed by atoms with Crippen LogP contribution >= 0.6 is 31.9 Å². The molecule has 0 saturated carbocycles. The van der Waals surface area contributed by atoms with E-state index in [1.165, 1.54) is 6.07 Å². The Morgan fingerprint density at radius 2 is 2.00 bits per heavy atom. The zero-order valence-corrected chi connectivity index (χ0v) is 13.3. The van der Waals surface area contributed by atoms with Gasteiger partial charge in [-0.1, -0.05) is 28.1 Å². The third-order valence-electron chi connectivity index (χ3n) is 3.47. The molecule has 0 amide bonds. The van der Waals surface area contributed by atoms with Gasteiger partial charge >= 0.3 is 0 Å². The van der Waals surface area contributed by atoms with Crippen molar-refractivity contribution in [3.8, 4) is 0 Å². The molecule has 0 radical (unpaired) electrons. The van der Waals surface area contributed by atoms with E-state index in [0.717, 1.165) is 38.6 Å². The lowest BCUT2D eigenvalue weighted by molar-refractivity contribution is 0.612. The predicted octanol–water partition coefficient (Wildman–Crippen LogP) is 5.45. The number of hydrogen-bond donors (Lipinski definition) is 1. The fourth-order valence-electron chi connectivity index (χ4n) is 2.55. The second-order valence-corrected chi connectivity index (χ2v) is 6.44. The van der Waals surface area contributed by atoms with Crippen molar-refractivity contribution in [1.29, 1.82) is 0 Å². The summed E-state index contributed by atoms with van der Waals surface area (Å²) >= 11 is 6.98. The SMILES string of the molecule is Fc1cccc2c1CCC2Nc1ccc(Br)cc1Br. The van der Waals surface area contributed by atoms with Crippen molar-refractivity contribution >= 4 is 37.5 Å². The van der Waals surface area contributed by atoms with E-state index in [1.807, 2.05) is 24.3 Å². The molecule has 1 N–H and O–H groups in total. The van der Waals surface area contributed by atoms with Gasteiger partial charge in [0.1, 0.15) is 5.82 Å². The first-order valence-corrected chi connectivity index (χ1v) is 7.72. The lowest BCUT2D eigenvalue weighted by atomic mass is 10.1. The summed E-state index contributed by atoms with van der Waals surface area (Å²) in [6, 6.07) is 11.5. The number of fused-ring (bicyclic) bond motifs is 1. The lowest BCUT2D eigenvalue weighted by Crippen LogP contribution is -2.07. The Morgan fingerprint density at radius 3 is 2.79 bits per heavy atom. The normalized spacial score (nSPS) is 17.3. The first-order valence-electron chi connectivity index (χ1n) is 6.14. The quantitative estimate of drug-likeness (QED) is 0.725. The minimum atomic E-state index is -0.0864. The Hall–Kier alpha value is -0.870. The predicted molar refractivity (Wildman–Crippen MR) is 82.9 cm³/mol. The summed E-state index contributed by atoms with van der Waals surface area (Å²) in [4.78, 5) is 0. The van der Waals surface area contributed by atoms with E-state index in [1.54, 1.807) is 6.07 Å². The molecule has 0 aliphatic heterocycles. The molecule has 1 unspecified atom stereocenters. The van der Waals surface area contributed by atoms with Gasteiger partial charge in [-0.25, -0.2) is 4.39 Å². The molecule has 2 aromatic carbocycles. The highest BCUT2D eigenvalue weighted by Crippen LogP contribution is 2.37. The second-order valence-electron chi connectivity index (χ2n) is 4.67. The molecule has 0 heterocycles. The molecule has 98 valence electrons. The first kappa shape index (κ1) is 13.1. The van der Waals surface area contributed by atoms with E-state index in [9.17, 15) is 4.39 Å². The molecular formula is C15H12Br2FN. The number of benzene rings is 2. The zero-order valence-electron chi connectivity index (χ0n) is 10.1. The van der Waals surface area contributed by atoms with Crippen LogP contribution in [0.5, 0.6) is 0 Å². The Morgan fingerprint density at radius 1 is 1.16 bits per heavy atom. The van der Waals surface area contributed by atoms with Gasteiger partial charge in [0, 0.05) is 14.6 Å². The second kappa shape index (κ2) is 5.25. The smallest absolute Gasteiger partial charge is 0.126 e. The number of nitrogens with one attached hydrogen (secondary N) is 1. The molecule has 2 aromatic rings. The molecule has 1 atom stereocenters. The van der Waals surface area contributed by atoms with E-state index < -0.39 is 0 Å². The fraction of sp³-hybridized carbons (Fsp3) is 0.200. The van der Waals surface area contributed by atoms with Crippen molar-refractivity contribution in [2.45, 2.75) is 18.9 Å². The number of halogens is 3. The summed E-state index contributed by atoms with van der Waals surface area (Å²) in [5.74, 6) is -0.0864. The Bertz CT molecular complexity index is 628. The summed E-state index contributed by atoms with van der Waals surface area (Å²) in [6.07, 6.45) is 1.73. The molecule has 0 fully saturated rings. The Kier molecular flexibility index (Phi) is 3.63. The highest BCUT2D eigenvalue weighted by Gasteiger charge is 2.24. The van der Waals surface area contributed by atoms with Crippen molar-refractivity contribution in [2.75, 3.05) is 5.32 Å². The first-order chi connectivity index (χ1) is 9.15. The minimum absolute atomic E-state index is 0.0864. The van der Waals surface area contributed by atoms with Crippen LogP contribution in [0, 0.1) is 5.82 Å². The molecule has 0 bridgehead atoms. The van der Waals surface area contributed by atoms with E-state index >= 15 is 0 Å². The molecule has 1 aliphatic carbocycles. The van der Waals surface area contributed by atoms with Crippen molar-refractivity contribution < 1.29 is 4.39 Å². The maximum atomic E-state index is 13.7. The minimum Gasteiger partial charge on any atom is -0.377 e. The summed E-state index contributed by atoms with van der Waals surface area (Å²) in [6.45, 7) is 0. The van der Waals surface area contributed by atoms with E-state index in [-0.39, 0.29) is 11.9 Å². The average Bonchev–Trinajstić information content (AvgIpc) is 2.78. The topological polar surface area (TPSA) is 12.0 Å². The van der Waals surface area contributed by atoms with Crippen LogP contribution in [0.15, 0.2) is 45.3 Å². The summed E-state index contributed by atoms with van der Waals surface area (Å²) in [5.41, 5.74) is 2.97. The molecule has 0 aromatic heterocycles. The van der Waals surface area contributed by atoms with Gasteiger partial charge in [0.15, 0.2) is 0 Å². The zero-order chi connectivity index (χ0) is 13.4. The van der Waals surface area contributed by atoms with E-state index in [0.29, 0.717) is 0 Å². The van der Waals surface area contributed by atoms with Crippen LogP contribution in [0.25, 0.3) is 0 Å². The molecule has 4 heteroatoms. The van der Waals surface area contributed by atoms with Gasteiger partial charge in [0.25, 0.3) is 0 Å². The number of rotatable bonds is 2. The molecule has 0 spiro atoms. The number of anilines is 1. The van der Waals surface area contributed by atoms with Gasteiger partial charge < -0.3 is 5.32 Å². The van der Waals surface area contributed by atoms with Crippen molar-refractivity contribution in [1.82, 2.24) is 0 Å². The lowest BCUT2D eigenvalue weighted by Gasteiger charge is -2.17. The average molecular weight is 385 g/mol. The van der Waals surface area contributed by atoms with E-state index in [2.05, 4.69) is 37.2 Å². The van der Waals surface area contributed by atoms with Gasteiger partial charge in [0.05, 0.1) is 6.04 Å². The standard InChI is InChI=1S/C15H12Br2FN/c16-9-4-6-15(12(17)8-9)19-14-7-5-10-11(14)2-1-3-13(10)18/h1-4,6,8,14,19H,5,7H2. The van der Waals surface area contributed by atoms with Crippen LogP contribution in [0.2, 0.25) is 0 Å². The van der Waals surface area contributed by atoms with Gasteiger partial charge in [-0.15, -0.1) is 0 Å². The van der Waals surface area contributed by atoms with Crippen LogP contribution in [0.1, 0.15) is 23.6 Å². The summed E-state index contributed by atoms with van der Waals surface area (Å²) < 4.78 is 15.7. The van der Waals surface area contributed by atoms with E-state index in [4.69, 9.17) is 0 Å². The Balaban J connectivity index is 1.89. The highest BCUT2D eigenvalue weighted by atomic mass is 79.9. The maximum Gasteiger partial charge on any atom is 0.126 e. The largest absolute Gasteiger partial charge is 0.377 e. The maximum absolute atomic E-state index is 13.7. The van der Waals surface area contributed by atoms with Crippen LogP contribution in [0.3, 0.4) is 0 Å². The summed E-state index contributed by atoms with van der Waals surface area (Å²) in [5, 5.41) is 3.49. The van der Waals surface area contributed by atoms with Crippen LogP contribution in [-0.2, 0) is 6.42 Å². The molecule has 1 aliphatic rings. The molecule has 0 saturated heterocycles. The number of hydrogen-bond acceptors (Lipinski definition) is 1. The third kappa shape index (κ3) is 2.56. The van der Waals surface area contributed by atoms with Crippen molar-refractivity contribution in [3.05, 3.63) is 62.3 Å². The summed E-state index contributed by atoms with van der Waals surface area (Å²) in [7, 11) is 0.